The van der Waals surface area contributed by atoms with Crippen molar-refractivity contribution in [3.05, 3.63) is 59.9 Å². The molecule has 31 heavy (non-hydrogen) atoms. The van der Waals surface area contributed by atoms with Gasteiger partial charge in [0, 0.05) is 49.5 Å². The topological polar surface area (TPSA) is 74.5 Å². The zero-order valence-electron chi connectivity index (χ0n) is 18.3. The first-order valence-electron chi connectivity index (χ1n) is 10.8. The van der Waals surface area contributed by atoms with E-state index >= 15 is 0 Å². The molecule has 0 bridgehead atoms. The number of carbonyl (C=O) groups is 1. The van der Waals surface area contributed by atoms with Crippen LogP contribution in [0.4, 0.5) is 16.2 Å². The molecule has 3 aromatic rings. The lowest BCUT2D eigenvalue weighted by atomic mass is 10.1. The van der Waals surface area contributed by atoms with Crippen LogP contribution in [0.2, 0.25) is 0 Å². The second-order valence-corrected chi connectivity index (χ2v) is 8.30. The number of amides is 2. The molecule has 0 saturated carbocycles. The molecule has 2 heterocycles. The van der Waals surface area contributed by atoms with Crippen LogP contribution in [0.25, 0.3) is 11.5 Å². The fourth-order valence-electron chi connectivity index (χ4n) is 3.74. The number of rotatable bonds is 6. The number of para-hydroxylation sites is 1. The zero-order valence-corrected chi connectivity index (χ0v) is 18.3. The highest BCUT2D eigenvalue weighted by Crippen LogP contribution is 2.26. The minimum atomic E-state index is -0.149. The van der Waals surface area contributed by atoms with Crippen molar-refractivity contribution in [1.82, 2.24) is 15.0 Å². The van der Waals surface area contributed by atoms with Gasteiger partial charge in [0.25, 0.3) is 5.89 Å². The quantitative estimate of drug-likeness (QED) is 0.600. The number of carbonyl (C=O) groups excluding carboxylic acids is 1. The number of benzene rings is 2. The van der Waals surface area contributed by atoms with Gasteiger partial charge in [-0.05, 0) is 48.7 Å². The molecule has 1 N–H and O–H groups in total. The van der Waals surface area contributed by atoms with Gasteiger partial charge < -0.3 is 19.6 Å². The monoisotopic (exact) mass is 419 g/mol. The predicted octanol–water partition coefficient (Wildman–Crippen LogP) is 5.12. The summed E-state index contributed by atoms with van der Waals surface area (Å²) in [5, 5.41) is 6.96. The van der Waals surface area contributed by atoms with E-state index in [-0.39, 0.29) is 11.9 Å². The van der Waals surface area contributed by atoms with E-state index in [1.54, 1.807) is 4.90 Å². The molecule has 1 aliphatic heterocycles. The lowest BCUT2D eigenvalue weighted by molar-refractivity contribution is 0.220. The summed E-state index contributed by atoms with van der Waals surface area (Å²) in [6, 6.07) is 15.6. The summed E-state index contributed by atoms with van der Waals surface area (Å²) in [6.07, 6.45) is 2.45. The van der Waals surface area contributed by atoms with Crippen LogP contribution >= 0.6 is 0 Å². The normalized spacial score (nSPS) is 13.6. The van der Waals surface area contributed by atoms with E-state index in [4.69, 9.17) is 4.52 Å². The molecule has 0 atom stereocenters. The van der Waals surface area contributed by atoms with Gasteiger partial charge in [0.2, 0.25) is 0 Å². The van der Waals surface area contributed by atoms with Gasteiger partial charge in [0.1, 0.15) is 0 Å². The second kappa shape index (κ2) is 9.20. The molecule has 7 nitrogen and oxygen atoms in total. The summed E-state index contributed by atoms with van der Waals surface area (Å²) in [7, 11) is 1.82. The van der Waals surface area contributed by atoms with E-state index < -0.39 is 0 Å². The smallest absolute Gasteiger partial charge is 0.321 e. The van der Waals surface area contributed by atoms with E-state index in [0.29, 0.717) is 18.3 Å². The molecular formula is C24H29N5O2. The third-order valence-electron chi connectivity index (χ3n) is 5.53. The Morgan fingerprint density at radius 2 is 1.84 bits per heavy atom. The van der Waals surface area contributed by atoms with Gasteiger partial charge in [-0.2, -0.15) is 4.98 Å². The largest absolute Gasteiger partial charge is 0.371 e. The van der Waals surface area contributed by atoms with Gasteiger partial charge in [-0.25, -0.2) is 4.79 Å². The van der Waals surface area contributed by atoms with Crippen molar-refractivity contribution < 1.29 is 9.32 Å². The Morgan fingerprint density at radius 1 is 1.13 bits per heavy atom. The number of nitrogens with one attached hydrogen (secondary N) is 1. The Labute approximate surface area is 183 Å². The third-order valence-corrected chi connectivity index (χ3v) is 5.53. The molecule has 162 valence electrons. The summed E-state index contributed by atoms with van der Waals surface area (Å²) >= 11 is 0. The van der Waals surface area contributed by atoms with E-state index in [1.807, 2.05) is 51.2 Å². The number of anilines is 2. The molecule has 1 aromatic heterocycles. The number of nitrogens with zero attached hydrogens (tertiary/aromatic N) is 4. The number of hydrogen-bond donors (Lipinski definition) is 1. The Morgan fingerprint density at radius 3 is 2.52 bits per heavy atom. The van der Waals surface area contributed by atoms with E-state index in [0.717, 1.165) is 29.9 Å². The fourth-order valence-corrected chi connectivity index (χ4v) is 3.74. The minimum absolute atomic E-state index is 0.149. The van der Waals surface area contributed by atoms with Crippen LogP contribution in [-0.4, -0.2) is 41.2 Å². The standard InChI is InChI=1S/C24H29N5O2/c1-17(2)22-26-23(31-27-22)18-10-12-20(13-11-18)25-24(30)28(3)16-19-8-4-5-9-21(19)29-14-6-7-15-29/h4-5,8-13,17H,6-7,14-16H2,1-3H3,(H,25,30). The van der Waals surface area contributed by atoms with E-state index in [1.165, 1.54) is 18.5 Å². The molecule has 2 amide bonds. The second-order valence-electron chi connectivity index (χ2n) is 8.30. The van der Waals surface area contributed by atoms with Crippen LogP contribution in [0.1, 0.15) is 44.0 Å². The summed E-state index contributed by atoms with van der Waals surface area (Å²) < 4.78 is 5.33. The Hall–Kier alpha value is -3.35. The van der Waals surface area contributed by atoms with Gasteiger partial charge in [-0.3, -0.25) is 0 Å². The maximum Gasteiger partial charge on any atom is 0.321 e. The Balaban J connectivity index is 1.39. The van der Waals surface area contributed by atoms with Gasteiger partial charge >= 0.3 is 6.03 Å². The number of aromatic nitrogens is 2. The molecule has 1 fully saturated rings. The van der Waals surface area contributed by atoms with Crippen molar-refractivity contribution in [3.8, 4) is 11.5 Å². The molecular weight excluding hydrogens is 390 g/mol. The average Bonchev–Trinajstić information content (AvgIpc) is 3.47. The fraction of sp³-hybridized carbons (Fsp3) is 0.375. The molecule has 7 heteroatoms. The molecule has 4 rings (SSSR count). The number of urea groups is 1. The molecule has 1 saturated heterocycles. The molecule has 0 unspecified atom stereocenters. The van der Waals surface area contributed by atoms with Crippen LogP contribution in [0.15, 0.2) is 53.1 Å². The highest BCUT2D eigenvalue weighted by atomic mass is 16.5. The molecule has 0 aliphatic carbocycles. The van der Waals surface area contributed by atoms with Crippen molar-refractivity contribution in [2.75, 3.05) is 30.4 Å². The molecule has 1 aliphatic rings. The summed E-state index contributed by atoms with van der Waals surface area (Å²) in [5.74, 6) is 1.38. The van der Waals surface area contributed by atoms with Crippen LogP contribution in [-0.2, 0) is 6.54 Å². The van der Waals surface area contributed by atoms with Crippen molar-refractivity contribution in [2.45, 2.75) is 39.2 Å². The summed E-state index contributed by atoms with van der Waals surface area (Å²) in [5.41, 5.74) is 3.93. The molecule has 2 aromatic carbocycles. The van der Waals surface area contributed by atoms with Crippen LogP contribution in [0.5, 0.6) is 0 Å². The van der Waals surface area contributed by atoms with E-state index in [9.17, 15) is 4.79 Å². The van der Waals surface area contributed by atoms with E-state index in [2.05, 4.69) is 38.6 Å². The van der Waals surface area contributed by atoms with Gasteiger partial charge in [0.05, 0.1) is 0 Å². The van der Waals surface area contributed by atoms with Gasteiger partial charge in [-0.1, -0.05) is 37.2 Å². The summed E-state index contributed by atoms with van der Waals surface area (Å²) in [6.45, 7) is 6.76. The summed E-state index contributed by atoms with van der Waals surface area (Å²) in [4.78, 5) is 21.3. The maximum atomic E-state index is 12.7. The third kappa shape index (κ3) is 4.87. The first-order chi connectivity index (χ1) is 15.0. The highest BCUT2D eigenvalue weighted by molar-refractivity contribution is 5.89. The SMILES string of the molecule is CC(C)c1noc(-c2ccc(NC(=O)N(C)Cc3ccccc3N3CCCC3)cc2)n1. The predicted molar refractivity (Wildman–Crippen MR) is 122 cm³/mol. The van der Waals surface area contributed by atoms with Crippen LogP contribution < -0.4 is 10.2 Å². The van der Waals surface area contributed by atoms with Gasteiger partial charge in [-0.15, -0.1) is 0 Å². The molecule has 0 spiro atoms. The van der Waals surface area contributed by atoms with Crippen molar-refractivity contribution in [3.63, 3.8) is 0 Å². The maximum absolute atomic E-state index is 12.7. The Bertz CT molecular complexity index is 1020. The zero-order chi connectivity index (χ0) is 21.8. The first kappa shape index (κ1) is 20.9. The first-order valence-corrected chi connectivity index (χ1v) is 10.8. The van der Waals surface area contributed by atoms with Crippen molar-refractivity contribution in [1.29, 1.82) is 0 Å². The van der Waals surface area contributed by atoms with Crippen LogP contribution in [0.3, 0.4) is 0 Å². The van der Waals surface area contributed by atoms with Crippen molar-refractivity contribution >= 4 is 17.4 Å². The van der Waals surface area contributed by atoms with Crippen LogP contribution in [0, 0.1) is 0 Å². The van der Waals surface area contributed by atoms with Crippen molar-refractivity contribution in [2.24, 2.45) is 0 Å². The Kier molecular flexibility index (Phi) is 6.21. The van der Waals surface area contributed by atoms with Gasteiger partial charge in [0.15, 0.2) is 5.82 Å². The minimum Gasteiger partial charge on any atom is -0.371 e. The molecule has 0 radical (unpaired) electrons. The lowest BCUT2D eigenvalue weighted by Gasteiger charge is -2.24. The highest BCUT2D eigenvalue weighted by Gasteiger charge is 2.18. The number of hydrogen-bond acceptors (Lipinski definition) is 5. The average molecular weight is 420 g/mol. The lowest BCUT2D eigenvalue weighted by Crippen LogP contribution is -2.31.